The molecule has 138 valence electrons. The summed E-state index contributed by atoms with van der Waals surface area (Å²) >= 11 is 0. The maximum absolute atomic E-state index is 13.5. The highest BCUT2D eigenvalue weighted by molar-refractivity contribution is 5.80. The van der Waals surface area contributed by atoms with Crippen molar-refractivity contribution >= 4 is 5.57 Å². The summed E-state index contributed by atoms with van der Waals surface area (Å²) in [7, 11) is 0. The first-order valence-electron chi connectivity index (χ1n) is 9.71. The van der Waals surface area contributed by atoms with Gasteiger partial charge in [0.15, 0.2) is 0 Å². The van der Waals surface area contributed by atoms with Gasteiger partial charge in [-0.15, -0.1) is 12.3 Å². The average Bonchev–Trinajstić information content (AvgIpc) is 3.46. The van der Waals surface area contributed by atoms with Gasteiger partial charge in [-0.3, -0.25) is 0 Å². The molecular formula is C27H23F. The third-order valence-corrected chi connectivity index (χ3v) is 5.50. The summed E-state index contributed by atoms with van der Waals surface area (Å²) in [6.07, 6.45) is 4.81. The van der Waals surface area contributed by atoms with E-state index in [9.17, 15) is 4.39 Å². The maximum atomic E-state index is 13.5. The van der Waals surface area contributed by atoms with Gasteiger partial charge in [0.25, 0.3) is 0 Å². The Morgan fingerprint density at radius 1 is 0.893 bits per heavy atom. The van der Waals surface area contributed by atoms with E-state index in [4.69, 9.17) is 0 Å². The fourth-order valence-corrected chi connectivity index (χ4v) is 3.87. The molecule has 1 aliphatic rings. The van der Waals surface area contributed by atoms with Crippen LogP contribution in [-0.2, 0) is 5.41 Å². The van der Waals surface area contributed by atoms with Crippen molar-refractivity contribution in [1.29, 1.82) is 0 Å². The molecule has 1 fully saturated rings. The summed E-state index contributed by atoms with van der Waals surface area (Å²) in [5.41, 5.74) is 9.55. The van der Waals surface area contributed by atoms with Crippen molar-refractivity contribution in [2.75, 3.05) is 0 Å². The van der Waals surface area contributed by atoms with Crippen molar-refractivity contribution in [3.05, 3.63) is 131 Å². The molecule has 0 bridgehead atoms. The van der Waals surface area contributed by atoms with Gasteiger partial charge < -0.3 is 0 Å². The van der Waals surface area contributed by atoms with Crippen LogP contribution in [0.5, 0.6) is 0 Å². The van der Waals surface area contributed by atoms with Crippen molar-refractivity contribution in [1.82, 2.24) is 0 Å². The largest absolute Gasteiger partial charge is 0.207 e. The van der Waals surface area contributed by atoms with E-state index in [2.05, 4.69) is 60.8 Å². The molecule has 3 aromatic rings. The Morgan fingerprint density at radius 2 is 1.46 bits per heavy atom. The van der Waals surface area contributed by atoms with Crippen LogP contribution in [0.3, 0.4) is 0 Å². The number of benzene rings is 3. The predicted octanol–water partition coefficient (Wildman–Crippen LogP) is 7.09. The molecule has 0 nitrogen and oxygen atoms in total. The summed E-state index contributed by atoms with van der Waals surface area (Å²) in [5, 5.41) is 0. The molecule has 1 saturated carbocycles. The van der Waals surface area contributed by atoms with Crippen LogP contribution in [0.25, 0.3) is 5.57 Å². The first kappa shape index (κ1) is 18.2. The molecule has 0 N–H and O–H groups in total. The molecule has 0 radical (unpaired) electrons. The van der Waals surface area contributed by atoms with Gasteiger partial charge in [0.1, 0.15) is 5.82 Å². The Labute approximate surface area is 166 Å². The van der Waals surface area contributed by atoms with E-state index >= 15 is 0 Å². The molecule has 0 heterocycles. The quantitative estimate of drug-likeness (QED) is 0.323. The second-order valence-electron chi connectivity index (χ2n) is 7.30. The van der Waals surface area contributed by atoms with Crippen LogP contribution in [0.4, 0.5) is 4.39 Å². The molecule has 28 heavy (non-hydrogen) atoms. The van der Waals surface area contributed by atoms with Gasteiger partial charge in [-0.1, -0.05) is 78.9 Å². The van der Waals surface area contributed by atoms with Gasteiger partial charge in [-0.05, 0) is 53.7 Å². The molecule has 0 spiro atoms. The van der Waals surface area contributed by atoms with E-state index in [1.807, 2.05) is 30.3 Å². The smallest absolute Gasteiger partial charge is 0.123 e. The van der Waals surface area contributed by atoms with E-state index in [0.29, 0.717) is 0 Å². The molecule has 0 amide bonds. The Kier molecular flexibility index (Phi) is 5.10. The molecule has 1 unspecified atom stereocenters. The van der Waals surface area contributed by atoms with E-state index in [-0.39, 0.29) is 11.2 Å². The van der Waals surface area contributed by atoms with Gasteiger partial charge in [-0.2, -0.15) is 0 Å². The maximum Gasteiger partial charge on any atom is 0.123 e. The standard InChI is InChI=1S/C27H23F/c1-2-3-18-27(23-14-16-25(28)17-15-23)20-24(27)19-26(21-10-6-4-7-11-21)22-12-8-5-9-13-22/h2,4-17H,1,3,18,20H2. The lowest BCUT2D eigenvalue weighted by molar-refractivity contribution is 0.618. The summed E-state index contributed by atoms with van der Waals surface area (Å²) in [6, 6.07) is 27.7. The SMILES string of the molecule is C=CCCC1(c2ccc(F)cc2)CC1=C=C(c1ccccc1)c1ccccc1. The van der Waals surface area contributed by atoms with Crippen LogP contribution in [0.15, 0.2) is 109 Å². The van der Waals surface area contributed by atoms with Gasteiger partial charge in [0.05, 0.1) is 0 Å². The zero-order valence-electron chi connectivity index (χ0n) is 15.9. The number of hydrogen-bond donors (Lipinski definition) is 0. The normalized spacial score (nSPS) is 17.7. The lowest BCUT2D eigenvalue weighted by atomic mass is 9.89. The summed E-state index contributed by atoms with van der Waals surface area (Å²) in [6.45, 7) is 3.89. The Bertz CT molecular complexity index is 981. The first-order chi connectivity index (χ1) is 13.7. The van der Waals surface area contributed by atoms with Crippen molar-refractivity contribution < 1.29 is 4.39 Å². The lowest BCUT2D eigenvalue weighted by Crippen LogP contribution is -2.06. The number of hydrogen-bond acceptors (Lipinski definition) is 0. The minimum Gasteiger partial charge on any atom is -0.207 e. The number of rotatable bonds is 6. The third kappa shape index (κ3) is 3.63. The van der Waals surface area contributed by atoms with Gasteiger partial charge in [0, 0.05) is 11.0 Å². The number of halogens is 1. The minimum absolute atomic E-state index is 0.0588. The van der Waals surface area contributed by atoms with E-state index < -0.39 is 0 Å². The zero-order valence-corrected chi connectivity index (χ0v) is 15.9. The van der Waals surface area contributed by atoms with Gasteiger partial charge in [0.2, 0.25) is 0 Å². The van der Waals surface area contributed by atoms with Crippen molar-refractivity contribution in [3.8, 4) is 0 Å². The summed E-state index contributed by atoms with van der Waals surface area (Å²) < 4.78 is 13.5. The van der Waals surface area contributed by atoms with Crippen LogP contribution in [0.2, 0.25) is 0 Å². The van der Waals surface area contributed by atoms with Crippen LogP contribution in [-0.4, -0.2) is 0 Å². The molecule has 1 aliphatic carbocycles. The van der Waals surface area contributed by atoms with Crippen LogP contribution in [0.1, 0.15) is 36.0 Å². The lowest BCUT2D eigenvalue weighted by Gasteiger charge is -2.14. The second-order valence-corrected chi connectivity index (χ2v) is 7.30. The third-order valence-electron chi connectivity index (χ3n) is 5.50. The molecule has 0 aromatic heterocycles. The van der Waals surface area contributed by atoms with Gasteiger partial charge >= 0.3 is 0 Å². The Hall–Kier alpha value is -3.15. The fraction of sp³-hybridized carbons (Fsp3) is 0.148. The predicted molar refractivity (Wildman–Crippen MR) is 115 cm³/mol. The molecule has 0 aliphatic heterocycles. The average molecular weight is 366 g/mol. The zero-order chi connectivity index (χ0) is 19.4. The van der Waals surface area contributed by atoms with E-state index in [1.165, 1.54) is 11.1 Å². The van der Waals surface area contributed by atoms with E-state index in [1.54, 1.807) is 12.1 Å². The fourth-order valence-electron chi connectivity index (χ4n) is 3.87. The topological polar surface area (TPSA) is 0 Å². The van der Waals surface area contributed by atoms with E-state index in [0.717, 1.165) is 36.0 Å². The second kappa shape index (κ2) is 7.84. The first-order valence-corrected chi connectivity index (χ1v) is 9.71. The van der Waals surface area contributed by atoms with Crippen LogP contribution in [0, 0.1) is 5.82 Å². The summed E-state index contributed by atoms with van der Waals surface area (Å²) in [4.78, 5) is 0. The van der Waals surface area contributed by atoms with Crippen molar-refractivity contribution in [2.24, 2.45) is 0 Å². The number of allylic oxidation sites excluding steroid dienone is 2. The minimum atomic E-state index is -0.196. The Balaban J connectivity index is 1.86. The molecule has 4 rings (SSSR count). The monoisotopic (exact) mass is 366 g/mol. The van der Waals surface area contributed by atoms with Gasteiger partial charge in [-0.25, -0.2) is 4.39 Å². The molecule has 0 saturated heterocycles. The molecule has 1 heteroatoms. The highest BCUT2D eigenvalue weighted by atomic mass is 19.1. The molecule has 1 atom stereocenters. The highest BCUT2D eigenvalue weighted by Gasteiger charge is 2.49. The summed E-state index contributed by atoms with van der Waals surface area (Å²) in [5.74, 6) is -0.196. The van der Waals surface area contributed by atoms with Crippen molar-refractivity contribution in [3.63, 3.8) is 0 Å². The van der Waals surface area contributed by atoms with Crippen LogP contribution < -0.4 is 0 Å². The molecule has 3 aromatic carbocycles. The van der Waals surface area contributed by atoms with Crippen molar-refractivity contribution in [2.45, 2.75) is 24.7 Å². The molecular weight excluding hydrogens is 343 g/mol. The highest BCUT2D eigenvalue weighted by Crippen LogP contribution is 2.57. The Morgan fingerprint density at radius 3 is 2.00 bits per heavy atom. The van der Waals surface area contributed by atoms with Crippen LogP contribution >= 0.6 is 0 Å².